The number of para-hydroxylation sites is 1. The molecule has 0 bridgehead atoms. The topological polar surface area (TPSA) is 312 Å². The Kier molecular flexibility index (Phi) is 26.7. The lowest BCUT2D eigenvalue weighted by Crippen LogP contribution is -2.53. The van der Waals surface area contributed by atoms with E-state index in [0.717, 1.165) is 16.6 Å². The third kappa shape index (κ3) is 21.8. The number of aliphatic imine (C=N–C) groups is 1. The van der Waals surface area contributed by atoms with Gasteiger partial charge in [0.15, 0.2) is 23.1 Å². The molecule has 1 aliphatic carbocycles. The Hall–Kier alpha value is -7.65. The molecule has 3 aromatic rings. The number of aromatic hydroxyl groups is 1. The van der Waals surface area contributed by atoms with Gasteiger partial charge in [-0.2, -0.15) is 0 Å². The number of amides is 5. The van der Waals surface area contributed by atoms with Crippen molar-refractivity contribution in [1.82, 2.24) is 36.5 Å². The standard InChI is InChI=1S/C68H94N8O13/c1-9-15-59(80)58-20-14-29-76(58)67(88)54(19-13-27-69-42(4)5)72-64(85)45(30-41(2)3)34-62(83)57(40-89-68(6,7)8)75-65(86)46(31-43-21-24-50(78)25-22-43)35-61(82)56(39-77)74-66(87)47(32-48-38-71-53-18-11-10-17-52(48)53)36-60(81)55(37-49-16-12-28-70-49)73-63(84)44-23-26-51(79)33-44/h10-11,16-18,21-22,24-25,28,38,41,44-47,54-58,69,71,77-78H,4,9,12-15,19-20,23,26-27,29-37,39-40H2,1-3,5-8H3,(H,72,85)(H,73,84)(H,74,87)(H,75,86). The predicted octanol–water partition coefficient (Wildman–Crippen LogP) is 6.56. The van der Waals surface area contributed by atoms with E-state index in [0.29, 0.717) is 74.9 Å². The third-order valence-electron chi connectivity index (χ3n) is 16.6. The lowest BCUT2D eigenvalue weighted by molar-refractivity contribution is -0.142. The lowest BCUT2D eigenvalue weighted by atomic mass is 9.88. The monoisotopic (exact) mass is 1230 g/mol. The van der Waals surface area contributed by atoms with Crippen LogP contribution < -0.4 is 26.6 Å². The van der Waals surface area contributed by atoms with Crippen LogP contribution >= 0.6 is 0 Å². The Morgan fingerprint density at radius 1 is 0.809 bits per heavy atom. The van der Waals surface area contributed by atoms with Gasteiger partial charge in [-0.05, 0) is 121 Å². The third-order valence-corrected chi connectivity index (χ3v) is 16.6. The first-order valence-corrected chi connectivity index (χ1v) is 31.7. The van der Waals surface area contributed by atoms with Crippen molar-refractivity contribution in [3.63, 3.8) is 0 Å². The molecule has 1 saturated carbocycles. The highest BCUT2D eigenvalue weighted by molar-refractivity contribution is 5.99. The largest absolute Gasteiger partial charge is 0.508 e. The Morgan fingerprint density at radius 2 is 1.45 bits per heavy atom. The van der Waals surface area contributed by atoms with Gasteiger partial charge in [0.25, 0.3) is 0 Å². The van der Waals surface area contributed by atoms with Gasteiger partial charge in [0.1, 0.15) is 29.7 Å². The molecule has 9 atom stereocenters. The van der Waals surface area contributed by atoms with Crippen molar-refractivity contribution in [2.24, 2.45) is 34.6 Å². The van der Waals surface area contributed by atoms with Crippen LogP contribution in [-0.2, 0) is 65.5 Å². The summed E-state index contributed by atoms with van der Waals surface area (Å²) in [5, 5.41) is 36.4. The van der Waals surface area contributed by atoms with Crippen molar-refractivity contribution in [2.75, 3.05) is 26.3 Å². The number of Topliss-reactive ketones (excluding diaryl/α,β-unsaturated/α-hetero) is 5. The number of fused-ring (bicyclic) bond motifs is 1. The minimum Gasteiger partial charge on any atom is -0.508 e. The molecule has 484 valence electrons. The van der Waals surface area contributed by atoms with Gasteiger partial charge in [0.2, 0.25) is 29.5 Å². The van der Waals surface area contributed by atoms with E-state index in [-0.39, 0.29) is 87.1 Å². The number of rotatable bonds is 37. The van der Waals surface area contributed by atoms with Crippen LogP contribution in [-0.4, -0.2) is 147 Å². The smallest absolute Gasteiger partial charge is 0.245 e. The molecule has 21 nitrogen and oxygen atoms in total. The van der Waals surface area contributed by atoms with Gasteiger partial charge in [-0.1, -0.05) is 63.8 Å². The molecular weight excluding hydrogens is 1140 g/mol. The first kappa shape index (κ1) is 70.4. The molecule has 3 aliphatic rings. The summed E-state index contributed by atoms with van der Waals surface area (Å²) in [5.41, 5.74) is 2.48. The average molecular weight is 1230 g/mol. The molecule has 8 N–H and O–H groups in total. The molecule has 89 heavy (non-hydrogen) atoms. The van der Waals surface area contributed by atoms with Gasteiger partial charge >= 0.3 is 0 Å². The van der Waals surface area contributed by atoms with Crippen LogP contribution in [0.25, 0.3) is 10.9 Å². The van der Waals surface area contributed by atoms with Gasteiger partial charge in [-0.3, -0.25) is 52.9 Å². The number of aromatic nitrogens is 1. The molecule has 1 aromatic heterocycles. The number of allylic oxidation sites excluding steroid dienone is 2. The highest BCUT2D eigenvalue weighted by Crippen LogP contribution is 2.28. The normalized spacial score (nSPS) is 18.1. The first-order valence-electron chi connectivity index (χ1n) is 31.7. The molecule has 1 saturated heterocycles. The Balaban J connectivity index is 1.24. The van der Waals surface area contributed by atoms with Gasteiger partial charge in [0.05, 0.1) is 30.9 Å². The molecule has 0 spiro atoms. The van der Waals surface area contributed by atoms with E-state index in [1.54, 1.807) is 50.2 Å². The molecule has 2 aliphatic heterocycles. The molecule has 6 rings (SSSR count). The van der Waals surface area contributed by atoms with Crippen LogP contribution in [0.2, 0.25) is 0 Å². The lowest BCUT2D eigenvalue weighted by Gasteiger charge is -2.30. The summed E-state index contributed by atoms with van der Waals surface area (Å²) in [6.07, 6.45) is 8.09. The number of carbonyl (C=O) groups excluding carboxylic acids is 10. The molecule has 3 heterocycles. The van der Waals surface area contributed by atoms with Crippen molar-refractivity contribution >= 4 is 75.6 Å². The maximum atomic E-state index is 14.9. The van der Waals surface area contributed by atoms with E-state index >= 15 is 0 Å². The molecule has 5 amide bonds. The van der Waals surface area contributed by atoms with Crippen LogP contribution in [0.1, 0.15) is 156 Å². The molecule has 2 fully saturated rings. The van der Waals surface area contributed by atoms with Gasteiger partial charge < -0.3 is 51.4 Å². The number of phenols is 1. The number of H-pyrrole nitrogens is 1. The van der Waals surface area contributed by atoms with Crippen LogP contribution in [0.5, 0.6) is 5.75 Å². The molecule has 21 heteroatoms. The second-order valence-corrected chi connectivity index (χ2v) is 25.7. The summed E-state index contributed by atoms with van der Waals surface area (Å²) in [6.45, 7) is 16.3. The number of nitrogens with zero attached hydrogens (tertiary/aromatic N) is 2. The highest BCUT2D eigenvalue weighted by Gasteiger charge is 2.40. The molecule has 9 unspecified atom stereocenters. The number of ether oxygens (including phenoxy) is 1. The SMILES string of the molecule is C=C(C)NCCCC(NC(=O)C(CC(=O)C(COC(C)(C)C)NC(=O)C(CC(=O)C(CO)NC(=O)C(CC(=O)C(CC1=CCC=N1)NC(=O)C1CCC(=O)C1)Cc1c[nH]c2ccccc12)Cc1ccc(O)cc1)CC(C)C)C(=O)N1CCCC1C(=O)CCC. The number of aliphatic hydroxyl groups excluding tert-OH is 1. The van der Waals surface area contributed by atoms with Crippen molar-refractivity contribution in [3.05, 3.63) is 89.9 Å². The summed E-state index contributed by atoms with van der Waals surface area (Å²) < 4.78 is 6.14. The van der Waals surface area contributed by atoms with E-state index < -0.39 is 120 Å². The van der Waals surface area contributed by atoms with E-state index in [2.05, 4.69) is 43.1 Å². The van der Waals surface area contributed by atoms with Crippen LogP contribution in [0, 0.1) is 29.6 Å². The summed E-state index contributed by atoms with van der Waals surface area (Å²) in [4.78, 5) is 151. The summed E-state index contributed by atoms with van der Waals surface area (Å²) in [7, 11) is 0. The van der Waals surface area contributed by atoms with Crippen molar-refractivity contribution < 1.29 is 62.9 Å². The summed E-state index contributed by atoms with van der Waals surface area (Å²) in [5.74, 6) is -8.90. The van der Waals surface area contributed by atoms with Crippen LogP contribution in [0.15, 0.2) is 83.8 Å². The van der Waals surface area contributed by atoms with Crippen molar-refractivity contribution in [1.29, 1.82) is 0 Å². The van der Waals surface area contributed by atoms with Gasteiger partial charge in [-0.25, -0.2) is 0 Å². The number of likely N-dealkylation sites (tertiary alicyclic amines) is 1. The molecular formula is C68H94N8O13. The van der Waals surface area contributed by atoms with Crippen molar-refractivity contribution in [2.45, 2.75) is 193 Å². The average Bonchev–Trinajstić information content (AvgIpc) is 4.48. The zero-order valence-corrected chi connectivity index (χ0v) is 53.0. The van der Waals surface area contributed by atoms with E-state index in [1.807, 2.05) is 58.0 Å². The van der Waals surface area contributed by atoms with Gasteiger partial charge in [-0.15, -0.1) is 0 Å². The van der Waals surface area contributed by atoms with E-state index in [4.69, 9.17) is 4.74 Å². The first-order chi connectivity index (χ1) is 42.3. The maximum absolute atomic E-state index is 14.9. The molecule has 0 radical (unpaired) electrons. The number of benzene rings is 2. The quantitative estimate of drug-likeness (QED) is 0.0284. The predicted molar refractivity (Wildman–Crippen MR) is 338 cm³/mol. The number of phenolic OH excluding ortho intramolecular Hbond substituents is 1. The van der Waals surface area contributed by atoms with Crippen LogP contribution in [0.3, 0.4) is 0 Å². The second-order valence-electron chi connectivity index (χ2n) is 25.7. The minimum absolute atomic E-state index is 0.00321. The number of nitrogens with one attached hydrogen (secondary N) is 6. The fraction of sp³-hybridized carbons (Fsp3) is 0.574. The van der Waals surface area contributed by atoms with E-state index in [9.17, 15) is 58.2 Å². The van der Waals surface area contributed by atoms with E-state index in [1.165, 1.54) is 12.1 Å². The van der Waals surface area contributed by atoms with Gasteiger partial charge in [0, 0.05) is 123 Å². The summed E-state index contributed by atoms with van der Waals surface area (Å²) >= 11 is 0. The zero-order chi connectivity index (χ0) is 65.0. The van der Waals surface area contributed by atoms with Crippen molar-refractivity contribution in [3.8, 4) is 5.75 Å². The minimum atomic E-state index is -1.59. The highest BCUT2D eigenvalue weighted by atomic mass is 16.5. The number of hydrogen-bond donors (Lipinski definition) is 8. The Bertz CT molecular complexity index is 3070. The fourth-order valence-corrected chi connectivity index (χ4v) is 11.8. The number of aromatic amines is 1. The summed E-state index contributed by atoms with van der Waals surface area (Å²) in [6, 6.07) is 7.70. The zero-order valence-electron chi connectivity index (χ0n) is 53.0. The fourth-order valence-electron chi connectivity index (χ4n) is 11.8. The van der Waals surface area contributed by atoms with Crippen LogP contribution in [0.4, 0.5) is 0 Å². The Labute approximate surface area is 522 Å². The second kappa shape index (κ2) is 33.8. The number of aliphatic hydroxyl groups is 1. The molecule has 2 aromatic carbocycles. The maximum Gasteiger partial charge on any atom is 0.245 e. The number of hydrogen-bond acceptors (Lipinski definition) is 15. The number of ketones is 5. The Morgan fingerprint density at radius 3 is 2.08 bits per heavy atom. The number of carbonyl (C=O) groups is 10.